The fourth-order valence-electron chi connectivity index (χ4n) is 2.82. The van der Waals surface area contributed by atoms with Crippen molar-refractivity contribution >= 4 is 0 Å². The first-order chi connectivity index (χ1) is 7.15. The average molecular weight is 212 g/mol. The maximum Gasteiger partial charge on any atom is 0.0244 e. The van der Waals surface area contributed by atoms with Gasteiger partial charge in [-0.3, -0.25) is 4.90 Å². The molecule has 0 radical (unpaired) electrons. The normalized spacial score (nSPS) is 27.6. The van der Waals surface area contributed by atoms with Crippen molar-refractivity contribution in [2.45, 2.75) is 65.0 Å². The van der Waals surface area contributed by atoms with Crippen molar-refractivity contribution in [3.05, 3.63) is 0 Å². The van der Waals surface area contributed by atoms with Gasteiger partial charge in [-0.2, -0.15) is 0 Å². The number of nitrogens with two attached hydrogens (primary N) is 1. The van der Waals surface area contributed by atoms with E-state index < -0.39 is 0 Å². The summed E-state index contributed by atoms with van der Waals surface area (Å²) in [5, 5.41) is 0. The van der Waals surface area contributed by atoms with Gasteiger partial charge < -0.3 is 5.73 Å². The molecule has 0 aliphatic carbocycles. The third-order valence-corrected chi connectivity index (χ3v) is 3.60. The van der Waals surface area contributed by atoms with Crippen molar-refractivity contribution in [3.8, 4) is 0 Å². The van der Waals surface area contributed by atoms with Gasteiger partial charge in [0.15, 0.2) is 0 Å². The Morgan fingerprint density at radius 1 is 1.33 bits per heavy atom. The van der Waals surface area contributed by atoms with Crippen LogP contribution in [0.1, 0.15) is 52.9 Å². The number of hydrogen-bond acceptors (Lipinski definition) is 2. The number of rotatable bonds is 5. The lowest BCUT2D eigenvalue weighted by molar-refractivity contribution is 0.111. The standard InChI is InChI=1S/C13H28N2/c1-4-7-11(2)10-15-9-6-5-8-13(15)12(3)14/h11-13H,4-10,14H2,1-3H3. The van der Waals surface area contributed by atoms with Crippen LogP contribution in [0.4, 0.5) is 0 Å². The Morgan fingerprint density at radius 2 is 2.07 bits per heavy atom. The molecule has 2 nitrogen and oxygen atoms in total. The summed E-state index contributed by atoms with van der Waals surface area (Å²) in [6, 6.07) is 0.970. The lowest BCUT2D eigenvalue weighted by Gasteiger charge is -2.39. The summed E-state index contributed by atoms with van der Waals surface area (Å²) < 4.78 is 0. The second-order valence-corrected chi connectivity index (χ2v) is 5.31. The molecule has 3 atom stereocenters. The van der Waals surface area contributed by atoms with E-state index in [0.717, 1.165) is 5.92 Å². The van der Waals surface area contributed by atoms with Crippen LogP contribution in [0, 0.1) is 5.92 Å². The van der Waals surface area contributed by atoms with Crippen molar-refractivity contribution < 1.29 is 0 Å². The molecule has 1 rings (SSSR count). The molecular formula is C13H28N2. The zero-order valence-corrected chi connectivity index (χ0v) is 10.7. The van der Waals surface area contributed by atoms with Crippen LogP contribution in [-0.4, -0.2) is 30.1 Å². The summed E-state index contributed by atoms with van der Waals surface area (Å²) >= 11 is 0. The average Bonchev–Trinajstić information content (AvgIpc) is 2.18. The van der Waals surface area contributed by atoms with Crippen molar-refractivity contribution in [2.75, 3.05) is 13.1 Å². The highest BCUT2D eigenvalue weighted by molar-refractivity contribution is 4.83. The van der Waals surface area contributed by atoms with E-state index in [2.05, 4.69) is 25.7 Å². The Hall–Kier alpha value is -0.0800. The van der Waals surface area contributed by atoms with Gasteiger partial charge in [-0.15, -0.1) is 0 Å². The second kappa shape index (κ2) is 6.49. The van der Waals surface area contributed by atoms with E-state index in [1.807, 2.05) is 0 Å². The largest absolute Gasteiger partial charge is 0.327 e. The number of hydrogen-bond donors (Lipinski definition) is 1. The molecule has 2 heteroatoms. The van der Waals surface area contributed by atoms with E-state index in [1.165, 1.54) is 45.2 Å². The minimum Gasteiger partial charge on any atom is -0.327 e. The summed E-state index contributed by atoms with van der Waals surface area (Å²) in [4.78, 5) is 2.63. The van der Waals surface area contributed by atoms with E-state index in [9.17, 15) is 0 Å². The quantitative estimate of drug-likeness (QED) is 0.759. The van der Waals surface area contributed by atoms with E-state index in [0.29, 0.717) is 12.1 Å². The van der Waals surface area contributed by atoms with Gasteiger partial charge in [0, 0.05) is 18.6 Å². The molecule has 1 saturated heterocycles. The highest BCUT2D eigenvalue weighted by Gasteiger charge is 2.25. The maximum atomic E-state index is 6.07. The van der Waals surface area contributed by atoms with Gasteiger partial charge >= 0.3 is 0 Å². The van der Waals surface area contributed by atoms with Gasteiger partial charge in [0.05, 0.1) is 0 Å². The maximum absolute atomic E-state index is 6.07. The van der Waals surface area contributed by atoms with Crippen LogP contribution in [0.5, 0.6) is 0 Å². The van der Waals surface area contributed by atoms with Crippen LogP contribution in [0.2, 0.25) is 0 Å². The Bertz CT molecular complexity index is 168. The van der Waals surface area contributed by atoms with Gasteiger partial charge in [-0.25, -0.2) is 0 Å². The fourth-order valence-corrected chi connectivity index (χ4v) is 2.82. The molecule has 0 amide bonds. The highest BCUT2D eigenvalue weighted by atomic mass is 15.2. The summed E-state index contributed by atoms with van der Waals surface area (Å²) in [6.45, 7) is 9.32. The van der Waals surface area contributed by atoms with E-state index in [-0.39, 0.29) is 0 Å². The topological polar surface area (TPSA) is 29.3 Å². The lowest BCUT2D eigenvalue weighted by atomic mass is 9.95. The molecule has 2 N–H and O–H groups in total. The van der Waals surface area contributed by atoms with E-state index in [1.54, 1.807) is 0 Å². The van der Waals surface area contributed by atoms with Gasteiger partial charge in [0.2, 0.25) is 0 Å². The fraction of sp³-hybridized carbons (Fsp3) is 1.00. The Balaban J connectivity index is 2.42. The van der Waals surface area contributed by atoms with Crippen LogP contribution in [-0.2, 0) is 0 Å². The molecule has 0 aromatic heterocycles. The molecule has 15 heavy (non-hydrogen) atoms. The zero-order chi connectivity index (χ0) is 11.3. The number of piperidine rings is 1. The van der Waals surface area contributed by atoms with Crippen molar-refractivity contribution in [3.63, 3.8) is 0 Å². The minimum absolute atomic E-state index is 0.333. The van der Waals surface area contributed by atoms with Gasteiger partial charge in [-0.05, 0) is 38.6 Å². The first-order valence-electron chi connectivity index (χ1n) is 6.64. The minimum atomic E-state index is 0.333. The molecule has 0 bridgehead atoms. The number of nitrogens with zero attached hydrogens (tertiary/aromatic N) is 1. The molecule has 1 heterocycles. The first kappa shape index (κ1) is 13.0. The molecule has 0 aromatic carbocycles. The third-order valence-electron chi connectivity index (χ3n) is 3.60. The SMILES string of the molecule is CCCC(C)CN1CCCCC1C(C)N. The molecule has 0 saturated carbocycles. The molecule has 1 fully saturated rings. The van der Waals surface area contributed by atoms with Crippen molar-refractivity contribution in [2.24, 2.45) is 11.7 Å². The van der Waals surface area contributed by atoms with Gasteiger partial charge in [-0.1, -0.05) is 26.7 Å². The van der Waals surface area contributed by atoms with Crippen molar-refractivity contribution in [1.29, 1.82) is 0 Å². The molecule has 3 unspecified atom stereocenters. The molecule has 0 spiro atoms. The monoisotopic (exact) mass is 212 g/mol. The molecule has 1 aliphatic rings. The van der Waals surface area contributed by atoms with Crippen LogP contribution in [0.15, 0.2) is 0 Å². The van der Waals surface area contributed by atoms with E-state index in [4.69, 9.17) is 5.73 Å². The summed E-state index contributed by atoms with van der Waals surface area (Å²) in [7, 11) is 0. The molecule has 1 aliphatic heterocycles. The third kappa shape index (κ3) is 4.12. The van der Waals surface area contributed by atoms with Gasteiger partial charge in [0.1, 0.15) is 0 Å². The lowest BCUT2D eigenvalue weighted by Crippen LogP contribution is -2.50. The summed E-state index contributed by atoms with van der Waals surface area (Å²) in [5.41, 5.74) is 6.07. The Labute approximate surface area is 95.2 Å². The highest BCUT2D eigenvalue weighted by Crippen LogP contribution is 2.21. The Kier molecular flexibility index (Phi) is 5.62. The van der Waals surface area contributed by atoms with Crippen molar-refractivity contribution in [1.82, 2.24) is 4.90 Å². The van der Waals surface area contributed by atoms with Gasteiger partial charge in [0.25, 0.3) is 0 Å². The molecular weight excluding hydrogens is 184 g/mol. The second-order valence-electron chi connectivity index (χ2n) is 5.31. The molecule has 0 aromatic rings. The summed E-state index contributed by atoms with van der Waals surface area (Å²) in [5.74, 6) is 0.828. The smallest absolute Gasteiger partial charge is 0.0244 e. The first-order valence-corrected chi connectivity index (χ1v) is 6.64. The predicted molar refractivity (Wildman–Crippen MR) is 66.9 cm³/mol. The zero-order valence-electron chi connectivity index (χ0n) is 10.7. The predicted octanol–water partition coefficient (Wildman–Crippen LogP) is 2.62. The van der Waals surface area contributed by atoms with E-state index >= 15 is 0 Å². The van der Waals surface area contributed by atoms with Crippen LogP contribution in [0.25, 0.3) is 0 Å². The van der Waals surface area contributed by atoms with Crippen LogP contribution in [0.3, 0.4) is 0 Å². The Morgan fingerprint density at radius 3 is 2.67 bits per heavy atom. The summed E-state index contributed by atoms with van der Waals surface area (Å²) in [6.07, 6.45) is 6.68. The number of likely N-dealkylation sites (tertiary alicyclic amines) is 1. The van der Waals surface area contributed by atoms with Crippen LogP contribution < -0.4 is 5.73 Å². The van der Waals surface area contributed by atoms with Crippen LogP contribution >= 0.6 is 0 Å². The molecule has 90 valence electrons.